The molecule has 0 unspecified atom stereocenters. The molecule has 0 radical (unpaired) electrons. The molecule has 0 aromatic rings. The van der Waals surface area contributed by atoms with E-state index in [1.807, 2.05) is 13.8 Å². The summed E-state index contributed by atoms with van der Waals surface area (Å²) in [5.41, 5.74) is 0. The molecule has 120 valence electrons. The van der Waals surface area contributed by atoms with Crippen molar-refractivity contribution in [2.45, 2.75) is 59.3 Å². The summed E-state index contributed by atoms with van der Waals surface area (Å²) in [5.74, 6) is 0.146. The third kappa shape index (κ3) is 5.48. The zero-order chi connectivity index (χ0) is 15.8. The smallest absolute Gasteiger partial charge is 0.246 e. The monoisotopic (exact) mass is 296 g/mol. The van der Waals surface area contributed by atoms with Crippen LogP contribution in [0.3, 0.4) is 0 Å². The van der Waals surface area contributed by atoms with Crippen molar-refractivity contribution in [3.05, 3.63) is 0 Å². The van der Waals surface area contributed by atoms with Crippen LogP contribution in [0.1, 0.15) is 59.3 Å². The Balaban J connectivity index is 0.00000106. The zero-order valence-corrected chi connectivity index (χ0v) is 13.5. The van der Waals surface area contributed by atoms with Gasteiger partial charge < -0.3 is 4.90 Å². The number of rotatable bonds is 3. The third-order valence-corrected chi connectivity index (χ3v) is 4.16. The molecule has 1 saturated carbocycles. The Morgan fingerprint density at radius 1 is 1.19 bits per heavy atom. The van der Waals surface area contributed by atoms with E-state index in [4.69, 9.17) is 0 Å². The van der Waals surface area contributed by atoms with E-state index in [0.717, 1.165) is 32.1 Å². The predicted octanol–water partition coefficient (Wildman–Crippen LogP) is 2.10. The molecular formula is C16H28N2O3. The van der Waals surface area contributed by atoms with Crippen molar-refractivity contribution in [2.75, 3.05) is 13.1 Å². The number of nitrogens with zero attached hydrogens (tertiary/aromatic N) is 1. The van der Waals surface area contributed by atoms with Gasteiger partial charge in [-0.25, -0.2) is 0 Å². The van der Waals surface area contributed by atoms with Gasteiger partial charge in [0, 0.05) is 18.9 Å². The molecule has 1 N–H and O–H groups in total. The lowest BCUT2D eigenvalue weighted by Gasteiger charge is -2.25. The van der Waals surface area contributed by atoms with E-state index in [0.29, 0.717) is 18.9 Å². The first-order chi connectivity index (χ1) is 10.1. The van der Waals surface area contributed by atoms with Crippen molar-refractivity contribution >= 4 is 17.7 Å². The first-order valence-electron chi connectivity index (χ1n) is 8.17. The number of hydrogen-bond donors (Lipinski definition) is 1. The number of imide groups is 1. The summed E-state index contributed by atoms with van der Waals surface area (Å²) >= 11 is 0. The van der Waals surface area contributed by atoms with E-state index < -0.39 is 0 Å². The van der Waals surface area contributed by atoms with Gasteiger partial charge in [-0.2, -0.15) is 0 Å². The van der Waals surface area contributed by atoms with Crippen molar-refractivity contribution in [2.24, 2.45) is 11.8 Å². The standard InChI is InChI=1S/C14H22N2O3.C2H6/c1-10-4-6-11(7-5-10)14(19)15-12(17)9-16-8-2-3-13(16)18;1-2/h10-11H,2-9H2,1H3,(H,15,17,19);1-2H3. The van der Waals surface area contributed by atoms with Gasteiger partial charge in [-0.1, -0.05) is 20.8 Å². The number of amides is 3. The molecule has 0 spiro atoms. The molecule has 2 aliphatic rings. The second-order valence-electron chi connectivity index (χ2n) is 5.79. The first-order valence-corrected chi connectivity index (χ1v) is 8.17. The average molecular weight is 296 g/mol. The molecule has 1 heterocycles. The van der Waals surface area contributed by atoms with Gasteiger partial charge in [0.25, 0.3) is 0 Å². The van der Waals surface area contributed by atoms with Crippen molar-refractivity contribution in [1.29, 1.82) is 0 Å². The molecule has 21 heavy (non-hydrogen) atoms. The summed E-state index contributed by atoms with van der Waals surface area (Å²) in [6, 6.07) is 0. The number of carbonyl (C=O) groups is 3. The minimum atomic E-state index is -0.348. The minimum Gasteiger partial charge on any atom is -0.333 e. The van der Waals surface area contributed by atoms with Gasteiger partial charge in [0.15, 0.2) is 0 Å². The summed E-state index contributed by atoms with van der Waals surface area (Å²) in [4.78, 5) is 36.6. The molecule has 2 rings (SSSR count). The van der Waals surface area contributed by atoms with Crippen molar-refractivity contribution in [1.82, 2.24) is 10.2 Å². The topological polar surface area (TPSA) is 66.5 Å². The van der Waals surface area contributed by atoms with Crippen LogP contribution in [0.2, 0.25) is 0 Å². The van der Waals surface area contributed by atoms with Gasteiger partial charge in [-0.05, 0) is 38.0 Å². The number of hydrogen-bond acceptors (Lipinski definition) is 3. The van der Waals surface area contributed by atoms with E-state index in [1.165, 1.54) is 4.90 Å². The molecule has 0 atom stereocenters. The van der Waals surface area contributed by atoms with E-state index in [9.17, 15) is 14.4 Å². The molecular weight excluding hydrogens is 268 g/mol. The number of nitrogens with one attached hydrogen (secondary N) is 1. The lowest BCUT2D eigenvalue weighted by molar-refractivity contribution is -0.137. The Morgan fingerprint density at radius 3 is 2.33 bits per heavy atom. The van der Waals surface area contributed by atoms with Gasteiger partial charge in [-0.15, -0.1) is 0 Å². The molecule has 3 amide bonds. The maximum atomic E-state index is 11.9. The van der Waals surface area contributed by atoms with Crippen molar-refractivity contribution in [3.8, 4) is 0 Å². The fraction of sp³-hybridized carbons (Fsp3) is 0.812. The van der Waals surface area contributed by atoms with Gasteiger partial charge in [-0.3, -0.25) is 19.7 Å². The van der Waals surface area contributed by atoms with Crippen LogP contribution < -0.4 is 5.32 Å². The first kappa shape index (κ1) is 17.7. The summed E-state index contributed by atoms with van der Waals surface area (Å²) in [7, 11) is 0. The van der Waals surface area contributed by atoms with Crippen LogP contribution >= 0.6 is 0 Å². The zero-order valence-electron chi connectivity index (χ0n) is 13.5. The second kappa shape index (κ2) is 8.80. The maximum Gasteiger partial charge on any atom is 0.246 e. The van der Waals surface area contributed by atoms with Crippen LogP contribution in [-0.2, 0) is 14.4 Å². The Labute approximate surface area is 127 Å². The largest absolute Gasteiger partial charge is 0.333 e. The highest BCUT2D eigenvalue weighted by atomic mass is 16.2. The van der Waals surface area contributed by atoms with Crippen molar-refractivity contribution in [3.63, 3.8) is 0 Å². The van der Waals surface area contributed by atoms with Crippen LogP contribution in [0.4, 0.5) is 0 Å². The molecule has 5 nitrogen and oxygen atoms in total. The molecule has 0 aromatic carbocycles. The van der Waals surface area contributed by atoms with Gasteiger partial charge in [0.2, 0.25) is 17.7 Å². The highest BCUT2D eigenvalue weighted by Crippen LogP contribution is 2.28. The minimum absolute atomic E-state index is 0.00842. The Morgan fingerprint density at radius 2 is 1.81 bits per heavy atom. The third-order valence-electron chi connectivity index (χ3n) is 4.16. The average Bonchev–Trinajstić information content (AvgIpc) is 2.87. The SMILES string of the molecule is CC.CC1CCC(C(=O)NC(=O)CN2CCCC2=O)CC1. The number of likely N-dealkylation sites (tertiary alicyclic amines) is 1. The Kier molecular flexibility index (Phi) is 7.40. The van der Waals surface area contributed by atoms with Gasteiger partial charge in [0.05, 0.1) is 6.54 Å². The highest BCUT2D eigenvalue weighted by Gasteiger charge is 2.27. The van der Waals surface area contributed by atoms with Crippen LogP contribution in [0.5, 0.6) is 0 Å². The summed E-state index contributed by atoms with van der Waals surface area (Å²) in [6.45, 7) is 6.84. The molecule has 0 aromatic heterocycles. The van der Waals surface area contributed by atoms with Crippen LogP contribution in [0, 0.1) is 11.8 Å². The lowest BCUT2D eigenvalue weighted by atomic mass is 9.82. The number of carbonyl (C=O) groups excluding carboxylic acids is 3. The fourth-order valence-electron chi connectivity index (χ4n) is 2.85. The van der Waals surface area contributed by atoms with Gasteiger partial charge >= 0.3 is 0 Å². The summed E-state index contributed by atoms with van der Waals surface area (Å²) < 4.78 is 0. The molecule has 2 fully saturated rings. The van der Waals surface area contributed by atoms with E-state index in [-0.39, 0.29) is 30.2 Å². The van der Waals surface area contributed by atoms with Gasteiger partial charge in [0.1, 0.15) is 0 Å². The molecule has 1 aliphatic heterocycles. The normalized spacial score (nSPS) is 25.1. The quantitative estimate of drug-likeness (QED) is 0.867. The van der Waals surface area contributed by atoms with Crippen molar-refractivity contribution < 1.29 is 14.4 Å². The van der Waals surface area contributed by atoms with E-state index >= 15 is 0 Å². The molecule has 1 aliphatic carbocycles. The molecule has 5 heteroatoms. The van der Waals surface area contributed by atoms with E-state index in [1.54, 1.807) is 0 Å². The molecule has 1 saturated heterocycles. The highest BCUT2D eigenvalue weighted by molar-refractivity contribution is 5.98. The van der Waals surface area contributed by atoms with E-state index in [2.05, 4.69) is 12.2 Å². The second-order valence-corrected chi connectivity index (χ2v) is 5.79. The van der Waals surface area contributed by atoms with Crippen LogP contribution in [-0.4, -0.2) is 35.7 Å². The Bertz CT molecular complexity index is 374. The summed E-state index contributed by atoms with van der Waals surface area (Å²) in [5, 5.41) is 2.44. The Hall–Kier alpha value is -1.39. The van der Waals surface area contributed by atoms with Crippen LogP contribution in [0.25, 0.3) is 0 Å². The van der Waals surface area contributed by atoms with Crippen LogP contribution in [0.15, 0.2) is 0 Å². The maximum absolute atomic E-state index is 11.9. The molecule has 0 bridgehead atoms. The fourth-order valence-corrected chi connectivity index (χ4v) is 2.85. The summed E-state index contributed by atoms with van der Waals surface area (Å²) in [6.07, 6.45) is 5.15. The lowest BCUT2D eigenvalue weighted by Crippen LogP contribution is -2.43. The predicted molar refractivity (Wildman–Crippen MR) is 81.4 cm³/mol.